The van der Waals surface area contributed by atoms with Crippen molar-refractivity contribution in [2.75, 3.05) is 20.3 Å². The van der Waals surface area contributed by atoms with Crippen molar-refractivity contribution in [1.29, 1.82) is 0 Å². The van der Waals surface area contributed by atoms with Gasteiger partial charge in [-0.15, -0.1) is 0 Å². The quantitative estimate of drug-likeness (QED) is 0.466. The van der Waals surface area contributed by atoms with Gasteiger partial charge in [-0.25, -0.2) is 4.98 Å². The molecule has 28 heavy (non-hydrogen) atoms. The molecule has 0 aliphatic rings. The van der Waals surface area contributed by atoms with Gasteiger partial charge in [0.2, 0.25) is 0 Å². The zero-order valence-electron chi connectivity index (χ0n) is 16.1. The van der Waals surface area contributed by atoms with E-state index in [1.54, 1.807) is 13.4 Å². The van der Waals surface area contributed by atoms with Crippen LogP contribution in [0.2, 0.25) is 0 Å². The van der Waals surface area contributed by atoms with Gasteiger partial charge in [-0.1, -0.05) is 0 Å². The largest absolute Gasteiger partial charge is 0.494 e. The normalized spacial score (nSPS) is 11.2. The lowest BCUT2D eigenvalue weighted by molar-refractivity contribution is -0.137. The van der Waals surface area contributed by atoms with Gasteiger partial charge in [-0.2, -0.15) is 0 Å². The third-order valence-electron chi connectivity index (χ3n) is 4.50. The highest BCUT2D eigenvalue weighted by atomic mass is 16.5. The minimum atomic E-state index is -0.750. The average molecular weight is 386 g/mol. The van der Waals surface area contributed by atoms with Crippen LogP contribution < -0.4 is 4.74 Å². The van der Waals surface area contributed by atoms with E-state index in [0.29, 0.717) is 19.6 Å². The Labute approximate surface area is 163 Å². The number of benzene rings is 1. The molecule has 0 radical (unpaired) electrons. The SMILES string of the molecule is COCCCn1c(-c2ccco2)nc2ccc(OCCCCCC(=O)O)cc21. The summed E-state index contributed by atoms with van der Waals surface area (Å²) in [6, 6.07) is 9.63. The van der Waals surface area contributed by atoms with E-state index in [2.05, 4.69) is 4.57 Å². The lowest BCUT2D eigenvalue weighted by atomic mass is 10.2. The molecule has 0 fully saturated rings. The summed E-state index contributed by atoms with van der Waals surface area (Å²) in [5, 5.41) is 8.67. The fourth-order valence-corrected chi connectivity index (χ4v) is 3.12. The topological polar surface area (TPSA) is 86.7 Å². The molecular formula is C21H26N2O5. The predicted molar refractivity (Wildman–Crippen MR) is 106 cm³/mol. The fraction of sp³-hybridized carbons (Fsp3) is 0.429. The molecule has 7 nitrogen and oxygen atoms in total. The maximum atomic E-state index is 10.5. The summed E-state index contributed by atoms with van der Waals surface area (Å²) in [4.78, 5) is 15.3. The lowest BCUT2D eigenvalue weighted by Gasteiger charge is -2.09. The van der Waals surface area contributed by atoms with Crippen LogP contribution >= 0.6 is 0 Å². The molecule has 0 unspecified atom stereocenters. The highest BCUT2D eigenvalue weighted by Gasteiger charge is 2.15. The number of carboxylic acids is 1. The van der Waals surface area contributed by atoms with Crippen LogP contribution in [-0.2, 0) is 16.1 Å². The van der Waals surface area contributed by atoms with Gasteiger partial charge < -0.3 is 23.6 Å². The molecule has 0 saturated carbocycles. The van der Waals surface area contributed by atoms with E-state index < -0.39 is 5.97 Å². The van der Waals surface area contributed by atoms with Gasteiger partial charge in [0, 0.05) is 32.7 Å². The third kappa shape index (κ3) is 5.13. The van der Waals surface area contributed by atoms with E-state index in [1.165, 1.54) is 0 Å². The Morgan fingerprint density at radius 2 is 2.07 bits per heavy atom. The first kappa shape index (κ1) is 19.9. The summed E-state index contributed by atoms with van der Waals surface area (Å²) in [5.74, 6) is 1.56. The number of aromatic nitrogens is 2. The second kappa shape index (κ2) is 9.94. The number of methoxy groups -OCH3 is 1. The Morgan fingerprint density at radius 1 is 1.18 bits per heavy atom. The van der Waals surface area contributed by atoms with E-state index in [9.17, 15) is 4.79 Å². The number of hydrogen-bond donors (Lipinski definition) is 1. The molecule has 1 aromatic carbocycles. The van der Waals surface area contributed by atoms with Gasteiger partial charge in [-0.3, -0.25) is 4.79 Å². The van der Waals surface area contributed by atoms with Crippen LogP contribution in [0.3, 0.4) is 0 Å². The molecule has 7 heteroatoms. The summed E-state index contributed by atoms with van der Waals surface area (Å²) < 4.78 is 18.7. The van der Waals surface area contributed by atoms with E-state index in [-0.39, 0.29) is 6.42 Å². The second-order valence-corrected chi connectivity index (χ2v) is 6.61. The van der Waals surface area contributed by atoms with Crippen molar-refractivity contribution < 1.29 is 23.8 Å². The first-order valence-corrected chi connectivity index (χ1v) is 9.56. The molecular weight excluding hydrogens is 360 g/mol. The van der Waals surface area contributed by atoms with Crippen LogP contribution in [0.1, 0.15) is 32.1 Å². The van der Waals surface area contributed by atoms with Crippen molar-refractivity contribution in [3.63, 3.8) is 0 Å². The summed E-state index contributed by atoms with van der Waals surface area (Å²) in [5.41, 5.74) is 1.88. The van der Waals surface area contributed by atoms with Crippen molar-refractivity contribution in [1.82, 2.24) is 9.55 Å². The number of ether oxygens (including phenoxy) is 2. The summed E-state index contributed by atoms with van der Waals surface area (Å²) >= 11 is 0. The monoisotopic (exact) mass is 386 g/mol. The second-order valence-electron chi connectivity index (χ2n) is 6.61. The lowest BCUT2D eigenvalue weighted by Crippen LogP contribution is -2.04. The third-order valence-corrected chi connectivity index (χ3v) is 4.50. The van der Waals surface area contributed by atoms with Gasteiger partial charge in [0.1, 0.15) is 5.75 Å². The smallest absolute Gasteiger partial charge is 0.303 e. The minimum absolute atomic E-state index is 0.210. The van der Waals surface area contributed by atoms with Gasteiger partial charge in [0.15, 0.2) is 11.6 Å². The van der Waals surface area contributed by atoms with E-state index in [4.69, 9.17) is 24.0 Å². The molecule has 1 N–H and O–H groups in total. The fourth-order valence-electron chi connectivity index (χ4n) is 3.12. The Balaban J connectivity index is 1.72. The van der Waals surface area contributed by atoms with E-state index >= 15 is 0 Å². The first-order chi connectivity index (χ1) is 13.7. The van der Waals surface area contributed by atoms with Crippen molar-refractivity contribution in [2.24, 2.45) is 0 Å². The molecule has 2 aromatic heterocycles. The van der Waals surface area contributed by atoms with Crippen LogP contribution in [0.15, 0.2) is 41.0 Å². The molecule has 0 amide bonds. The van der Waals surface area contributed by atoms with Crippen molar-refractivity contribution in [2.45, 2.75) is 38.6 Å². The number of fused-ring (bicyclic) bond motifs is 1. The number of rotatable bonds is 12. The van der Waals surface area contributed by atoms with E-state index in [1.807, 2.05) is 30.3 Å². The van der Waals surface area contributed by atoms with Gasteiger partial charge >= 0.3 is 5.97 Å². The number of nitrogens with zero attached hydrogens (tertiary/aromatic N) is 2. The number of hydrogen-bond acceptors (Lipinski definition) is 5. The zero-order valence-corrected chi connectivity index (χ0v) is 16.1. The zero-order chi connectivity index (χ0) is 19.8. The van der Waals surface area contributed by atoms with Crippen molar-refractivity contribution in [3.05, 3.63) is 36.6 Å². The number of unbranched alkanes of at least 4 members (excludes halogenated alkanes) is 2. The average Bonchev–Trinajstić information content (AvgIpc) is 3.32. The van der Waals surface area contributed by atoms with Crippen LogP contribution in [0.25, 0.3) is 22.6 Å². The number of imidazole rings is 1. The Hall–Kier alpha value is -2.80. The molecule has 0 spiro atoms. The Morgan fingerprint density at radius 3 is 2.82 bits per heavy atom. The summed E-state index contributed by atoms with van der Waals surface area (Å²) in [7, 11) is 1.70. The maximum absolute atomic E-state index is 10.5. The molecule has 3 aromatic rings. The molecule has 2 heterocycles. The molecule has 3 rings (SSSR count). The molecule has 0 aliphatic heterocycles. The number of aliphatic carboxylic acids is 1. The Kier molecular flexibility index (Phi) is 7.08. The minimum Gasteiger partial charge on any atom is -0.494 e. The van der Waals surface area contributed by atoms with Crippen LogP contribution in [0.4, 0.5) is 0 Å². The van der Waals surface area contributed by atoms with E-state index in [0.717, 1.165) is 54.2 Å². The number of carboxylic acid groups (broad SMARTS) is 1. The molecule has 150 valence electrons. The first-order valence-electron chi connectivity index (χ1n) is 9.56. The number of aryl methyl sites for hydroxylation is 1. The highest BCUT2D eigenvalue weighted by molar-refractivity contribution is 5.81. The van der Waals surface area contributed by atoms with Crippen LogP contribution in [0, 0.1) is 0 Å². The highest BCUT2D eigenvalue weighted by Crippen LogP contribution is 2.28. The Bertz CT molecular complexity index is 886. The molecule has 0 atom stereocenters. The van der Waals surface area contributed by atoms with Crippen LogP contribution in [-0.4, -0.2) is 41.0 Å². The van der Waals surface area contributed by atoms with Gasteiger partial charge in [-0.05, 0) is 49.9 Å². The van der Waals surface area contributed by atoms with Gasteiger partial charge in [0.05, 0.1) is 23.9 Å². The number of furan rings is 1. The standard InChI is InChI=1S/C21H26N2O5/c1-26-12-6-11-23-18-15-16(27-13-4-2-3-8-20(24)25)9-10-17(18)22-21(23)19-7-5-14-28-19/h5,7,9-10,14-15H,2-4,6,8,11-13H2,1H3,(H,24,25). The molecule has 0 aliphatic carbocycles. The molecule has 0 bridgehead atoms. The van der Waals surface area contributed by atoms with Crippen molar-refractivity contribution >= 4 is 17.0 Å². The van der Waals surface area contributed by atoms with Crippen molar-refractivity contribution in [3.8, 4) is 17.3 Å². The summed E-state index contributed by atoms with van der Waals surface area (Å²) in [6.07, 6.45) is 5.07. The predicted octanol–water partition coefficient (Wildman–Crippen LogP) is 4.36. The van der Waals surface area contributed by atoms with Gasteiger partial charge in [0.25, 0.3) is 0 Å². The van der Waals surface area contributed by atoms with Crippen LogP contribution in [0.5, 0.6) is 5.75 Å². The molecule has 0 saturated heterocycles. The maximum Gasteiger partial charge on any atom is 0.303 e. The summed E-state index contributed by atoms with van der Waals surface area (Å²) in [6.45, 7) is 2.00. The number of carbonyl (C=O) groups is 1.